The smallest absolute Gasteiger partial charge is 0.147 e. The molecule has 4 rings (SSSR count). The summed E-state index contributed by atoms with van der Waals surface area (Å²) in [6.45, 7) is 0. The van der Waals surface area contributed by atoms with E-state index in [1.165, 1.54) is 0 Å². The van der Waals surface area contributed by atoms with Crippen molar-refractivity contribution in [1.82, 2.24) is 20.2 Å². The summed E-state index contributed by atoms with van der Waals surface area (Å²) in [6, 6.07) is 11.1. The molecule has 25 heavy (non-hydrogen) atoms. The molecule has 1 aromatic carbocycles. The summed E-state index contributed by atoms with van der Waals surface area (Å²) in [5, 5.41) is 19.3. The first-order chi connectivity index (χ1) is 12.2. The Bertz CT molecular complexity index is 968. The molecule has 124 valence electrons. The highest BCUT2D eigenvalue weighted by Gasteiger charge is 2.21. The lowest BCUT2D eigenvalue weighted by molar-refractivity contribution is 0.221. The van der Waals surface area contributed by atoms with Gasteiger partial charge in [0.15, 0.2) is 0 Å². The number of rotatable bonds is 4. The SMILES string of the molecule is OC(c1ccc(Cl)cc1)c1cc(-c2ccnnc2)sc1-c1ncc[nH]1. The summed E-state index contributed by atoms with van der Waals surface area (Å²) in [7, 11) is 0. The molecule has 3 aromatic heterocycles. The predicted molar refractivity (Wildman–Crippen MR) is 98.4 cm³/mol. The number of nitrogens with zero attached hydrogens (tertiary/aromatic N) is 3. The molecule has 1 atom stereocenters. The largest absolute Gasteiger partial charge is 0.384 e. The lowest BCUT2D eigenvalue weighted by Crippen LogP contribution is -1.99. The highest BCUT2D eigenvalue weighted by Crippen LogP contribution is 2.41. The third-order valence-corrected chi connectivity index (χ3v) is 5.28. The Kier molecular flexibility index (Phi) is 4.31. The molecule has 2 N–H and O–H groups in total. The summed E-state index contributed by atoms with van der Waals surface area (Å²) in [6.07, 6.45) is 6.03. The Hall–Kier alpha value is -2.54. The molecule has 0 amide bonds. The van der Waals surface area contributed by atoms with Gasteiger partial charge in [-0.25, -0.2) is 4.98 Å². The van der Waals surface area contributed by atoms with Gasteiger partial charge in [0.2, 0.25) is 0 Å². The molecule has 0 aliphatic rings. The fourth-order valence-electron chi connectivity index (χ4n) is 2.59. The van der Waals surface area contributed by atoms with Gasteiger partial charge >= 0.3 is 0 Å². The predicted octanol–water partition coefficient (Wildman–Crippen LogP) is 4.33. The molecule has 0 spiro atoms. The van der Waals surface area contributed by atoms with Gasteiger partial charge in [0, 0.05) is 33.4 Å². The van der Waals surface area contributed by atoms with E-state index in [0.29, 0.717) is 5.02 Å². The molecule has 1 unspecified atom stereocenters. The highest BCUT2D eigenvalue weighted by molar-refractivity contribution is 7.19. The number of imidazole rings is 1. The minimum absolute atomic E-state index is 0.635. The molecule has 0 aliphatic carbocycles. The van der Waals surface area contributed by atoms with Crippen molar-refractivity contribution in [2.45, 2.75) is 6.10 Å². The number of halogens is 1. The first-order valence-electron chi connectivity index (χ1n) is 7.56. The van der Waals surface area contributed by atoms with Gasteiger partial charge in [-0.05, 0) is 29.8 Å². The zero-order chi connectivity index (χ0) is 17.2. The van der Waals surface area contributed by atoms with Crippen molar-refractivity contribution in [3.05, 3.63) is 77.3 Å². The lowest BCUT2D eigenvalue weighted by Gasteiger charge is -2.11. The van der Waals surface area contributed by atoms with Crippen LogP contribution in [0, 0.1) is 0 Å². The molecule has 4 aromatic rings. The Labute approximate surface area is 153 Å². The van der Waals surface area contributed by atoms with E-state index in [1.54, 1.807) is 48.3 Å². The van der Waals surface area contributed by atoms with Crippen LogP contribution < -0.4 is 0 Å². The Morgan fingerprint density at radius 1 is 1.08 bits per heavy atom. The van der Waals surface area contributed by atoms with E-state index in [2.05, 4.69) is 20.2 Å². The van der Waals surface area contributed by atoms with Gasteiger partial charge in [0.05, 0.1) is 17.3 Å². The number of hydrogen-bond donors (Lipinski definition) is 2. The maximum atomic E-state index is 10.9. The Morgan fingerprint density at radius 2 is 1.92 bits per heavy atom. The monoisotopic (exact) mass is 368 g/mol. The number of aliphatic hydroxyl groups excluding tert-OH is 1. The van der Waals surface area contributed by atoms with E-state index in [1.807, 2.05) is 24.3 Å². The molecule has 0 saturated carbocycles. The van der Waals surface area contributed by atoms with Crippen molar-refractivity contribution in [3.8, 4) is 21.1 Å². The van der Waals surface area contributed by atoms with Crippen molar-refractivity contribution in [2.24, 2.45) is 0 Å². The second-order valence-corrected chi connectivity index (χ2v) is 6.91. The number of aromatic amines is 1. The summed E-state index contributed by atoms with van der Waals surface area (Å²) < 4.78 is 0. The second-order valence-electron chi connectivity index (χ2n) is 5.42. The van der Waals surface area contributed by atoms with Crippen molar-refractivity contribution in [3.63, 3.8) is 0 Å². The van der Waals surface area contributed by atoms with Gasteiger partial charge in [-0.3, -0.25) is 0 Å². The second kappa shape index (κ2) is 6.76. The summed E-state index contributed by atoms with van der Waals surface area (Å²) in [4.78, 5) is 9.33. The third-order valence-electron chi connectivity index (χ3n) is 3.82. The number of thiophene rings is 1. The average Bonchev–Trinajstić information content (AvgIpc) is 3.32. The number of hydrogen-bond acceptors (Lipinski definition) is 5. The van der Waals surface area contributed by atoms with E-state index in [0.717, 1.165) is 32.3 Å². The van der Waals surface area contributed by atoms with Gasteiger partial charge in [-0.15, -0.1) is 11.3 Å². The van der Waals surface area contributed by atoms with Gasteiger partial charge in [-0.2, -0.15) is 10.2 Å². The number of nitrogens with one attached hydrogen (secondary N) is 1. The minimum atomic E-state index is -0.780. The van der Waals surface area contributed by atoms with Gasteiger partial charge in [0.25, 0.3) is 0 Å². The van der Waals surface area contributed by atoms with Crippen molar-refractivity contribution < 1.29 is 5.11 Å². The normalized spacial score (nSPS) is 12.2. The summed E-state index contributed by atoms with van der Waals surface area (Å²) in [5.74, 6) is 0.723. The summed E-state index contributed by atoms with van der Waals surface area (Å²) >= 11 is 7.50. The standard InChI is InChI=1S/C18H13ClN4OS/c19-13-3-1-11(2-4-13)16(24)14-9-15(12-5-6-22-23-10-12)25-17(14)18-20-7-8-21-18/h1-10,16,24H,(H,20,21). The molecule has 0 bridgehead atoms. The van der Waals surface area contributed by atoms with Crippen molar-refractivity contribution in [1.29, 1.82) is 0 Å². The third kappa shape index (κ3) is 3.19. The molecule has 0 radical (unpaired) electrons. The minimum Gasteiger partial charge on any atom is -0.384 e. The molecule has 3 heterocycles. The van der Waals surface area contributed by atoms with E-state index in [-0.39, 0.29) is 0 Å². The number of H-pyrrole nitrogens is 1. The van der Waals surface area contributed by atoms with Crippen LogP contribution in [0.25, 0.3) is 21.1 Å². The van der Waals surface area contributed by atoms with Gasteiger partial charge < -0.3 is 10.1 Å². The van der Waals surface area contributed by atoms with Crippen LogP contribution >= 0.6 is 22.9 Å². The molecule has 0 aliphatic heterocycles. The van der Waals surface area contributed by atoms with Crippen LogP contribution in [0.1, 0.15) is 17.2 Å². The van der Waals surface area contributed by atoms with E-state index in [4.69, 9.17) is 11.6 Å². The van der Waals surface area contributed by atoms with Crippen LogP contribution in [-0.4, -0.2) is 25.3 Å². The van der Waals surface area contributed by atoms with Crippen LogP contribution in [-0.2, 0) is 0 Å². The lowest BCUT2D eigenvalue weighted by atomic mass is 10.0. The van der Waals surface area contributed by atoms with Gasteiger partial charge in [-0.1, -0.05) is 23.7 Å². The molecule has 7 heteroatoms. The number of benzene rings is 1. The van der Waals surface area contributed by atoms with Gasteiger partial charge in [0.1, 0.15) is 11.9 Å². The van der Waals surface area contributed by atoms with Crippen LogP contribution in [0.15, 0.2) is 61.2 Å². The van der Waals surface area contributed by atoms with Crippen LogP contribution in [0.5, 0.6) is 0 Å². The number of aliphatic hydroxyl groups is 1. The van der Waals surface area contributed by atoms with Crippen molar-refractivity contribution in [2.75, 3.05) is 0 Å². The van der Waals surface area contributed by atoms with E-state index in [9.17, 15) is 5.11 Å². The van der Waals surface area contributed by atoms with E-state index < -0.39 is 6.10 Å². The topological polar surface area (TPSA) is 74.7 Å². The molecular weight excluding hydrogens is 356 g/mol. The maximum absolute atomic E-state index is 10.9. The molecule has 5 nitrogen and oxygen atoms in total. The quantitative estimate of drug-likeness (QED) is 0.562. The fourth-order valence-corrected chi connectivity index (χ4v) is 3.85. The number of aromatic nitrogens is 4. The van der Waals surface area contributed by atoms with Crippen LogP contribution in [0.4, 0.5) is 0 Å². The zero-order valence-corrected chi connectivity index (χ0v) is 14.5. The van der Waals surface area contributed by atoms with Crippen LogP contribution in [0.3, 0.4) is 0 Å². The molecule has 0 saturated heterocycles. The highest BCUT2D eigenvalue weighted by atomic mass is 35.5. The zero-order valence-electron chi connectivity index (χ0n) is 12.9. The average molecular weight is 369 g/mol. The fraction of sp³-hybridized carbons (Fsp3) is 0.0556. The first-order valence-corrected chi connectivity index (χ1v) is 8.76. The van der Waals surface area contributed by atoms with Crippen LogP contribution in [0.2, 0.25) is 5.02 Å². The van der Waals surface area contributed by atoms with E-state index >= 15 is 0 Å². The first kappa shape index (κ1) is 16.0. The summed E-state index contributed by atoms with van der Waals surface area (Å²) in [5.41, 5.74) is 2.51. The Morgan fingerprint density at radius 3 is 2.60 bits per heavy atom. The maximum Gasteiger partial charge on any atom is 0.147 e. The van der Waals surface area contributed by atoms with Crippen molar-refractivity contribution >= 4 is 22.9 Å². The molecule has 0 fully saturated rings. The Balaban J connectivity index is 1.82. The molecular formula is C18H13ClN4OS.